The fourth-order valence-electron chi connectivity index (χ4n) is 1.72. The molecule has 1 fully saturated rings. The van der Waals surface area contributed by atoms with Gasteiger partial charge in [0.15, 0.2) is 0 Å². The van der Waals surface area contributed by atoms with E-state index in [2.05, 4.69) is 15.9 Å². The molecule has 0 spiro atoms. The van der Waals surface area contributed by atoms with E-state index in [0.717, 1.165) is 12.8 Å². The molecule has 1 saturated carbocycles. The van der Waals surface area contributed by atoms with E-state index in [0.29, 0.717) is 15.7 Å². The average molecular weight is 313 g/mol. The SMILES string of the molecule is Nc1ccc(C(=O)N(CC(=O)O)C2CC2)cc1Br. The monoisotopic (exact) mass is 312 g/mol. The third kappa shape index (κ3) is 2.81. The number of nitrogen functional groups attached to an aromatic ring is 1. The molecule has 5 nitrogen and oxygen atoms in total. The largest absolute Gasteiger partial charge is 0.480 e. The van der Waals surface area contributed by atoms with Gasteiger partial charge in [0.25, 0.3) is 5.91 Å². The number of rotatable bonds is 4. The molecular weight excluding hydrogens is 300 g/mol. The van der Waals surface area contributed by atoms with Crippen molar-refractivity contribution in [3.63, 3.8) is 0 Å². The Morgan fingerprint density at radius 2 is 2.11 bits per heavy atom. The van der Waals surface area contributed by atoms with Gasteiger partial charge in [-0.1, -0.05) is 0 Å². The number of carbonyl (C=O) groups is 2. The minimum atomic E-state index is -0.996. The Morgan fingerprint density at radius 1 is 1.44 bits per heavy atom. The molecule has 18 heavy (non-hydrogen) atoms. The van der Waals surface area contributed by atoms with Crippen LogP contribution in [-0.4, -0.2) is 34.5 Å². The van der Waals surface area contributed by atoms with E-state index in [4.69, 9.17) is 10.8 Å². The van der Waals surface area contributed by atoms with Crippen molar-refractivity contribution in [2.24, 2.45) is 0 Å². The average Bonchev–Trinajstić information content (AvgIpc) is 3.12. The highest BCUT2D eigenvalue weighted by atomic mass is 79.9. The molecule has 2 rings (SSSR count). The van der Waals surface area contributed by atoms with Gasteiger partial charge in [0.1, 0.15) is 6.54 Å². The lowest BCUT2D eigenvalue weighted by atomic mass is 10.2. The summed E-state index contributed by atoms with van der Waals surface area (Å²) in [6.45, 7) is -0.258. The van der Waals surface area contributed by atoms with Crippen molar-refractivity contribution >= 4 is 33.5 Å². The standard InChI is InChI=1S/C12H13BrN2O3/c13-9-5-7(1-4-10(9)14)12(18)15(6-11(16)17)8-2-3-8/h1,4-5,8H,2-3,6,14H2,(H,16,17). The lowest BCUT2D eigenvalue weighted by Crippen LogP contribution is -2.37. The first-order valence-corrected chi connectivity index (χ1v) is 6.36. The lowest BCUT2D eigenvalue weighted by molar-refractivity contribution is -0.137. The number of hydrogen-bond donors (Lipinski definition) is 2. The van der Waals surface area contributed by atoms with E-state index in [1.54, 1.807) is 18.2 Å². The van der Waals surface area contributed by atoms with Crippen LogP contribution in [0.5, 0.6) is 0 Å². The second-order valence-electron chi connectivity index (χ2n) is 4.29. The molecule has 6 heteroatoms. The third-order valence-electron chi connectivity index (χ3n) is 2.80. The van der Waals surface area contributed by atoms with Crippen LogP contribution in [0.1, 0.15) is 23.2 Å². The molecule has 96 valence electrons. The van der Waals surface area contributed by atoms with Crippen molar-refractivity contribution in [3.8, 4) is 0 Å². The molecule has 1 aliphatic rings. The van der Waals surface area contributed by atoms with Crippen molar-refractivity contribution < 1.29 is 14.7 Å². The number of carboxylic acid groups (broad SMARTS) is 1. The third-order valence-corrected chi connectivity index (χ3v) is 3.49. The first kappa shape index (κ1) is 12.9. The summed E-state index contributed by atoms with van der Waals surface area (Å²) in [6.07, 6.45) is 1.74. The normalized spacial score (nSPS) is 14.3. The number of nitrogens with two attached hydrogens (primary N) is 1. The number of hydrogen-bond acceptors (Lipinski definition) is 3. The molecule has 0 bridgehead atoms. The van der Waals surface area contributed by atoms with Gasteiger partial charge < -0.3 is 15.7 Å². The van der Waals surface area contributed by atoms with Crippen LogP contribution in [0.2, 0.25) is 0 Å². The van der Waals surface area contributed by atoms with Gasteiger partial charge in [-0.05, 0) is 47.0 Å². The summed E-state index contributed by atoms with van der Waals surface area (Å²) >= 11 is 3.25. The summed E-state index contributed by atoms with van der Waals surface area (Å²) in [5.74, 6) is -1.26. The minimum Gasteiger partial charge on any atom is -0.480 e. The highest BCUT2D eigenvalue weighted by Crippen LogP contribution is 2.29. The Bertz CT molecular complexity index is 500. The maximum Gasteiger partial charge on any atom is 0.323 e. The van der Waals surface area contributed by atoms with Gasteiger partial charge in [-0.3, -0.25) is 9.59 Å². The first-order valence-electron chi connectivity index (χ1n) is 5.57. The molecule has 1 aliphatic carbocycles. The van der Waals surface area contributed by atoms with Crippen molar-refractivity contribution in [1.82, 2.24) is 4.90 Å². The molecule has 0 aromatic heterocycles. The number of carboxylic acids is 1. The number of halogens is 1. The second-order valence-corrected chi connectivity index (χ2v) is 5.15. The molecule has 0 radical (unpaired) electrons. The fraction of sp³-hybridized carbons (Fsp3) is 0.333. The summed E-state index contributed by atoms with van der Waals surface area (Å²) in [7, 11) is 0. The molecule has 1 amide bonds. The van der Waals surface area contributed by atoms with Crippen molar-refractivity contribution in [1.29, 1.82) is 0 Å². The highest BCUT2D eigenvalue weighted by molar-refractivity contribution is 9.10. The van der Waals surface area contributed by atoms with Gasteiger partial charge in [-0.15, -0.1) is 0 Å². The van der Waals surface area contributed by atoms with E-state index in [1.165, 1.54) is 4.90 Å². The maximum absolute atomic E-state index is 12.2. The Morgan fingerprint density at radius 3 is 2.61 bits per heavy atom. The summed E-state index contributed by atoms with van der Waals surface area (Å²) in [4.78, 5) is 24.4. The van der Waals surface area contributed by atoms with Gasteiger partial charge >= 0.3 is 5.97 Å². The molecule has 0 saturated heterocycles. The van der Waals surface area contributed by atoms with Gasteiger partial charge in [0, 0.05) is 21.8 Å². The highest BCUT2D eigenvalue weighted by Gasteiger charge is 2.34. The number of amides is 1. The predicted octanol–water partition coefficient (Wildman–Crippen LogP) is 1.72. The Balaban J connectivity index is 2.21. The number of carbonyl (C=O) groups excluding carboxylic acids is 1. The van der Waals surface area contributed by atoms with Crippen molar-refractivity contribution in [2.45, 2.75) is 18.9 Å². The summed E-state index contributed by atoms with van der Waals surface area (Å²) in [5.41, 5.74) is 6.64. The van der Waals surface area contributed by atoms with E-state index < -0.39 is 5.97 Å². The smallest absolute Gasteiger partial charge is 0.323 e. The van der Waals surface area contributed by atoms with Crippen LogP contribution in [0.3, 0.4) is 0 Å². The fourth-order valence-corrected chi connectivity index (χ4v) is 2.10. The lowest BCUT2D eigenvalue weighted by Gasteiger charge is -2.20. The Hall–Kier alpha value is -1.56. The minimum absolute atomic E-state index is 0.0601. The Kier molecular flexibility index (Phi) is 3.56. The number of aliphatic carboxylic acids is 1. The molecule has 0 unspecified atom stereocenters. The molecule has 1 aromatic rings. The zero-order valence-corrected chi connectivity index (χ0v) is 11.2. The van der Waals surface area contributed by atoms with Gasteiger partial charge in [-0.2, -0.15) is 0 Å². The zero-order valence-electron chi connectivity index (χ0n) is 9.60. The molecule has 0 aliphatic heterocycles. The Labute approximate surface area is 113 Å². The number of nitrogens with zero attached hydrogens (tertiary/aromatic N) is 1. The van der Waals surface area contributed by atoms with Gasteiger partial charge in [0.2, 0.25) is 0 Å². The molecule has 1 aromatic carbocycles. The van der Waals surface area contributed by atoms with Crippen LogP contribution in [-0.2, 0) is 4.79 Å². The molecule has 0 heterocycles. The summed E-state index contributed by atoms with van der Waals surface area (Å²) in [6, 6.07) is 4.92. The van der Waals surface area contributed by atoms with Crippen LogP contribution >= 0.6 is 15.9 Å². The van der Waals surface area contributed by atoms with E-state index in [9.17, 15) is 9.59 Å². The van der Waals surface area contributed by atoms with E-state index in [-0.39, 0.29) is 18.5 Å². The maximum atomic E-state index is 12.2. The van der Waals surface area contributed by atoms with Crippen LogP contribution in [0.15, 0.2) is 22.7 Å². The zero-order chi connectivity index (χ0) is 13.3. The molecule has 3 N–H and O–H groups in total. The van der Waals surface area contributed by atoms with Crippen LogP contribution in [0.4, 0.5) is 5.69 Å². The topological polar surface area (TPSA) is 83.6 Å². The van der Waals surface area contributed by atoms with Crippen molar-refractivity contribution in [2.75, 3.05) is 12.3 Å². The summed E-state index contributed by atoms with van der Waals surface area (Å²) < 4.78 is 0.638. The van der Waals surface area contributed by atoms with Crippen LogP contribution in [0.25, 0.3) is 0 Å². The van der Waals surface area contributed by atoms with Gasteiger partial charge in [0.05, 0.1) is 0 Å². The number of anilines is 1. The second kappa shape index (κ2) is 4.97. The van der Waals surface area contributed by atoms with Crippen molar-refractivity contribution in [3.05, 3.63) is 28.2 Å². The van der Waals surface area contributed by atoms with E-state index >= 15 is 0 Å². The van der Waals surface area contributed by atoms with Gasteiger partial charge in [-0.25, -0.2) is 0 Å². The molecule has 0 atom stereocenters. The first-order chi connectivity index (χ1) is 8.49. The van der Waals surface area contributed by atoms with Crippen LogP contribution in [0, 0.1) is 0 Å². The number of benzene rings is 1. The van der Waals surface area contributed by atoms with E-state index in [1.807, 2.05) is 0 Å². The molecular formula is C12H13BrN2O3. The quantitative estimate of drug-likeness (QED) is 0.829. The summed E-state index contributed by atoms with van der Waals surface area (Å²) in [5, 5.41) is 8.83. The predicted molar refractivity (Wildman–Crippen MR) is 70.2 cm³/mol. The van der Waals surface area contributed by atoms with Crippen LogP contribution < -0.4 is 5.73 Å².